The number of methoxy groups -OCH3 is 1. The van der Waals surface area contributed by atoms with Crippen LogP contribution in [0, 0.1) is 0 Å². The van der Waals surface area contributed by atoms with E-state index in [0.717, 1.165) is 18.4 Å². The van der Waals surface area contributed by atoms with Crippen LogP contribution in [0.3, 0.4) is 0 Å². The lowest BCUT2D eigenvalue weighted by Gasteiger charge is -2.12. The van der Waals surface area contributed by atoms with Crippen molar-refractivity contribution < 1.29 is 14.3 Å². The molecule has 30 heavy (non-hydrogen) atoms. The summed E-state index contributed by atoms with van der Waals surface area (Å²) in [4.78, 5) is 23.6. The molecule has 1 aliphatic rings. The molecule has 0 saturated carbocycles. The van der Waals surface area contributed by atoms with E-state index in [9.17, 15) is 4.79 Å². The monoisotopic (exact) mass is 445 g/mol. The van der Waals surface area contributed by atoms with E-state index in [1.165, 1.54) is 18.0 Å². The maximum Gasteiger partial charge on any atom is 0.266 e. The van der Waals surface area contributed by atoms with Crippen molar-refractivity contribution in [2.75, 3.05) is 20.3 Å². The molecule has 0 radical (unpaired) electrons. The van der Waals surface area contributed by atoms with Crippen LogP contribution in [-0.2, 0) is 4.79 Å². The molecule has 0 spiro atoms. The van der Waals surface area contributed by atoms with Crippen LogP contribution in [0.25, 0.3) is 6.08 Å². The van der Waals surface area contributed by atoms with Crippen LogP contribution >= 0.6 is 23.4 Å². The van der Waals surface area contributed by atoms with E-state index in [4.69, 9.17) is 21.1 Å². The van der Waals surface area contributed by atoms with Gasteiger partial charge in [-0.15, -0.1) is 0 Å². The first-order chi connectivity index (χ1) is 14.6. The third-order valence-corrected chi connectivity index (χ3v) is 5.71. The number of pyridine rings is 1. The predicted octanol–water partition coefficient (Wildman–Crippen LogP) is 5.55. The third kappa shape index (κ3) is 5.15. The molecule has 1 fully saturated rings. The summed E-state index contributed by atoms with van der Waals surface area (Å²) in [6.07, 6.45) is 7.04. The summed E-state index contributed by atoms with van der Waals surface area (Å²) >= 11 is 7.49. The highest BCUT2D eigenvalue weighted by molar-refractivity contribution is 8.18. The number of hydrogen-bond donors (Lipinski definition) is 0. The van der Waals surface area contributed by atoms with Gasteiger partial charge in [0.1, 0.15) is 0 Å². The van der Waals surface area contributed by atoms with Gasteiger partial charge in [0.05, 0.1) is 29.3 Å². The average molecular weight is 446 g/mol. The number of aliphatic imine (C=N–C) groups is 1. The Morgan fingerprint density at radius 2 is 2.10 bits per heavy atom. The summed E-state index contributed by atoms with van der Waals surface area (Å²) in [5, 5.41) is 1.03. The molecule has 6 nitrogen and oxygen atoms in total. The largest absolute Gasteiger partial charge is 0.493 e. The Morgan fingerprint density at radius 3 is 2.80 bits per heavy atom. The zero-order valence-corrected chi connectivity index (χ0v) is 18.8. The molecule has 1 aromatic carbocycles. The highest BCUT2D eigenvalue weighted by Gasteiger charge is 2.32. The number of rotatable bonds is 8. The van der Waals surface area contributed by atoms with E-state index in [-0.39, 0.29) is 5.91 Å². The van der Waals surface area contributed by atoms with Gasteiger partial charge in [-0.1, -0.05) is 31.0 Å². The number of aromatic nitrogens is 1. The molecule has 0 atom stereocenters. The molecule has 0 aliphatic carbocycles. The molecule has 1 aliphatic heterocycles. The number of benzene rings is 1. The summed E-state index contributed by atoms with van der Waals surface area (Å²) in [5.41, 5.74) is 1.43. The number of hydrogen-bond acceptors (Lipinski definition) is 6. The lowest BCUT2D eigenvalue weighted by molar-refractivity contribution is -0.122. The van der Waals surface area contributed by atoms with E-state index >= 15 is 0 Å². The minimum atomic E-state index is -0.0892. The standard InChI is InChI=1S/C22H24ClN3O3S/c1-4-6-11-29-18-8-7-15(12-19(18)28-3)13-20-21(27)26(5-2)22(30-20)25-17-9-10-24-14-16(17)23/h7-10,12-14H,4-6,11H2,1-3H3/b20-13-,25-22?. The Kier molecular flexibility index (Phi) is 7.76. The Labute approximate surface area is 185 Å². The molecule has 1 aromatic heterocycles. The van der Waals surface area contributed by atoms with Crippen molar-refractivity contribution in [3.63, 3.8) is 0 Å². The molecular weight excluding hydrogens is 422 g/mol. The minimum Gasteiger partial charge on any atom is -0.493 e. The normalized spacial score (nSPS) is 16.5. The van der Waals surface area contributed by atoms with Gasteiger partial charge >= 0.3 is 0 Å². The quantitative estimate of drug-likeness (QED) is 0.394. The van der Waals surface area contributed by atoms with Crippen LogP contribution in [-0.4, -0.2) is 41.2 Å². The van der Waals surface area contributed by atoms with Gasteiger partial charge in [0.2, 0.25) is 0 Å². The maximum absolute atomic E-state index is 12.9. The van der Waals surface area contributed by atoms with Crippen LogP contribution in [0.15, 0.2) is 46.6 Å². The number of ether oxygens (including phenoxy) is 2. The lowest BCUT2D eigenvalue weighted by Crippen LogP contribution is -2.28. The Hall–Kier alpha value is -2.51. The van der Waals surface area contributed by atoms with Crippen LogP contribution in [0.2, 0.25) is 5.02 Å². The van der Waals surface area contributed by atoms with Crippen molar-refractivity contribution in [1.82, 2.24) is 9.88 Å². The van der Waals surface area contributed by atoms with Crippen molar-refractivity contribution >= 4 is 46.2 Å². The molecular formula is C22H24ClN3O3S. The van der Waals surface area contributed by atoms with Crippen LogP contribution in [0.1, 0.15) is 32.3 Å². The topological polar surface area (TPSA) is 64.0 Å². The van der Waals surface area contributed by atoms with Gasteiger partial charge in [0.25, 0.3) is 5.91 Å². The lowest BCUT2D eigenvalue weighted by atomic mass is 10.2. The third-order valence-electron chi connectivity index (χ3n) is 4.41. The molecule has 3 rings (SSSR count). The Bertz CT molecular complexity index is 978. The first-order valence-corrected chi connectivity index (χ1v) is 11.0. The highest BCUT2D eigenvalue weighted by Crippen LogP contribution is 2.36. The highest BCUT2D eigenvalue weighted by atomic mass is 35.5. The second kappa shape index (κ2) is 10.5. The maximum atomic E-state index is 12.9. The van der Waals surface area contributed by atoms with E-state index < -0.39 is 0 Å². The number of likely N-dealkylation sites (N-methyl/N-ethyl adjacent to an activating group) is 1. The molecule has 8 heteroatoms. The first-order valence-electron chi connectivity index (χ1n) is 9.77. The van der Waals surface area contributed by atoms with Crippen LogP contribution < -0.4 is 9.47 Å². The van der Waals surface area contributed by atoms with Crippen molar-refractivity contribution in [3.8, 4) is 11.5 Å². The van der Waals surface area contributed by atoms with E-state index in [0.29, 0.717) is 45.4 Å². The van der Waals surface area contributed by atoms with Gasteiger partial charge in [-0.3, -0.25) is 14.7 Å². The Morgan fingerprint density at radius 1 is 1.27 bits per heavy atom. The fourth-order valence-corrected chi connectivity index (χ4v) is 4.02. The number of nitrogens with zero attached hydrogens (tertiary/aromatic N) is 3. The number of carbonyl (C=O) groups excluding carboxylic acids is 1. The molecule has 1 saturated heterocycles. The summed E-state index contributed by atoms with van der Waals surface area (Å²) in [6.45, 7) is 5.19. The molecule has 0 bridgehead atoms. The van der Waals surface area contributed by atoms with Crippen molar-refractivity contribution in [2.45, 2.75) is 26.7 Å². The number of amides is 1. The summed E-state index contributed by atoms with van der Waals surface area (Å²) in [5.74, 6) is 1.25. The fourth-order valence-electron chi connectivity index (χ4n) is 2.80. The predicted molar refractivity (Wildman–Crippen MR) is 123 cm³/mol. The smallest absolute Gasteiger partial charge is 0.266 e. The van der Waals surface area contributed by atoms with Gasteiger partial charge in [-0.2, -0.15) is 0 Å². The van der Waals surface area contributed by atoms with Crippen LogP contribution in [0.4, 0.5) is 5.69 Å². The number of unbranched alkanes of at least 4 members (excludes halogenated alkanes) is 1. The van der Waals surface area contributed by atoms with E-state index in [2.05, 4.69) is 16.9 Å². The summed E-state index contributed by atoms with van der Waals surface area (Å²) < 4.78 is 11.2. The van der Waals surface area contributed by atoms with Gasteiger partial charge in [0.15, 0.2) is 16.7 Å². The number of thioether (sulfide) groups is 1. The van der Waals surface area contributed by atoms with Crippen LogP contribution in [0.5, 0.6) is 11.5 Å². The SMILES string of the molecule is CCCCOc1ccc(/C=C2\SC(=Nc3ccncc3Cl)N(CC)C2=O)cc1OC. The van der Waals surface area contributed by atoms with Gasteiger partial charge in [-0.05, 0) is 54.9 Å². The first kappa shape index (κ1) is 22.2. The molecule has 0 unspecified atom stereocenters. The molecule has 0 N–H and O–H groups in total. The zero-order valence-electron chi connectivity index (χ0n) is 17.2. The molecule has 2 heterocycles. The molecule has 1 amide bonds. The second-order valence-electron chi connectivity index (χ2n) is 6.49. The zero-order chi connectivity index (χ0) is 21.5. The van der Waals surface area contributed by atoms with Gasteiger partial charge in [-0.25, -0.2) is 4.99 Å². The van der Waals surface area contributed by atoms with Crippen molar-refractivity contribution in [2.24, 2.45) is 4.99 Å². The fraction of sp³-hybridized carbons (Fsp3) is 0.318. The Balaban J connectivity index is 1.86. The molecule has 2 aromatic rings. The van der Waals surface area contributed by atoms with Crippen molar-refractivity contribution in [3.05, 3.63) is 52.2 Å². The van der Waals surface area contributed by atoms with Gasteiger partial charge in [0, 0.05) is 18.9 Å². The molecule has 158 valence electrons. The number of amidine groups is 1. The minimum absolute atomic E-state index is 0.0892. The van der Waals surface area contributed by atoms with E-state index in [1.807, 2.05) is 31.2 Å². The summed E-state index contributed by atoms with van der Waals surface area (Å²) in [6, 6.07) is 7.37. The average Bonchev–Trinajstić information content (AvgIpc) is 3.04. The number of halogens is 1. The van der Waals surface area contributed by atoms with Crippen molar-refractivity contribution in [1.29, 1.82) is 0 Å². The second-order valence-corrected chi connectivity index (χ2v) is 7.91. The number of carbonyl (C=O) groups is 1. The van der Waals surface area contributed by atoms with E-state index in [1.54, 1.807) is 24.3 Å². The van der Waals surface area contributed by atoms with Gasteiger partial charge < -0.3 is 9.47 Å². The summed E-state index contributed by atoms with van der Waals surface area (Å²) in [7, 11) is 1.61.